The maximum atomic E-state index is 13.0. The summed E-state index contributed by atoms with van der Waals surface area (Å²) in [7, 11) is 3.60. The van der Waals surface area contributed by atoms with Crippen molar-refractivity contribution >= 4 is 23.1 Å². The van der Waals surface area contributed by atoms with E-state index in [1.807, 2.05) is 32.2 Å². The van der Waals surface area contributed by atoms with Crippen molar-refractivity contribution in [1.29, 1.82) is 0 Å². The van der Waals surface area contributed by atoms with Gasteiger partial charge in [0.15, 0.2) is 5.82 Å². The molecule has 36 heavy (non-hydrogen) atoms. The van der Waals surface area contributed by atoms with Crippen molar-refractivity contribution in [1.82, 2.24) is 24.6 Å². The fourth-order valence-electron chi connectivity index (χ4n) is 4.86. The third-order valence-electron chi connectivity index (χ3n) is 7.13. The molecule has 2 aliphatic rings. The molecular formula is C28H32N6O2. The van der Waals surface area contributed by atoms with Crippen LogP contribution in [0.15, 0.2) is 42.9 Å². The maximum absolute atomic E-state index is 13.0. The molecule has 0 aromatic carbocycles. The molecule has 186 valence electrons. The van der Waals surface area contributed by atoms with Gasteiger partial charge in [-0.1, -0.05) is 12.1 Å². The van der Waals surface area contributed by atoms with Crippen LogP contribution in [0.1, 0.15) is 70.9 Å². The summed E-state index contributed by atoms with van der Waals surface area (Å²) in [6.45, 7) is 3.87. The first-order chi connectivity index (χ1) is 17.3. The zero-order chi connectivity index (χ0) is 25.4. The van der Waals surface area contributed by atoms with Crippen molar-refractivity contribution < 1.29 is 9.59 Å². The van der Waals surface area contributed by atoms with Crippen molar-refractivity contribution in [2.45, 2.75) is 51.9 Å². The second kappa shape index (κ2) is 9.68. The zero-order valence-corrected chi connectivity index (χ0v) is 21.3. The predicted molar refractivity (Wildman–Crippen MR) is 139 cm³/mol. The summed E-state index contributed by atoms with van der Waals surface area (Å²) in [4.78, 5) is 36.1. The van der Waals surface area contributed by atoms with Crippen LogP contribution in [0.3, 0.4) is 0 Å². The molecule has 0 saturated heterocycles. The van der Waals surface area contributed by atoms with Crippen LogP contribution < -0.4 is 5.32 Å². The van der Waals surface area contributed by atoms with Gasteiger partial charge in [-0.25, -0.2) is 9.67 Å². The smallest absolute Gasteiger partial charge is 0.259 e. The number of carbonyl (C=O) groups excluding carboxylic acids is 2. The molecule has 0 radical (unpaired) electrons. The van der Waals surface area contributed by atoms with Crippen molar-refractivity contribution in [2.75, 3.05) is 19.4 Å². The SMILES string of the molecule is Cc1cc(NC(=O)c2cnn(-c3ccc(C4CC4)cn3)c2C)cnc1C1=CCC(C(=O)N(C)C)CC1. The van der Waals surface area contributed by atoms with Crippen molar-refractivity contribution in [3.05, 3.63) is 70.9 Å². The van der Waals surface area contributed by atoms with Gasteiger partial charge in [0.05, 0.1) is 35.0 Å². The normalized spacial score (nSPS) is 17.4. The van der Waals surface area contributed by atoms with Gasteiger partial charge < -0.3 is 10.2 Å². The first kappa shape index (κ1) is 23.9. The standard InChI is InChI=1S/C28H32N6O2/c1-17-13-23(15-30-26(17)20-7-9-21(10-8-20)28(36)33(3)4)32-27(35)24-16-31-34(18(24)2)25-12-11-22(14-29-25)19-5-6-19/h7,11-16,19,21H,5-6,8-10H2,1-4H3,(H,32,35). The van der Waals surface area contributed by atoms with Crippen LogP contribution >= 0.6 is 0 Å². The molecule has 1 atom stereocenters. The molecule has 0 aliphatic heterocycles. The number of hydrogen-bond donors (Lipinski definition) is 1. The van der Waals surface area contributed by atoms with E-state index in [1.54, 1.807) is 36.1 Å². The Hall–Kier alpha value is -3.81. The Kier molecular flexibility index (Phi) is 6.43. The van der Waals surface area contributed by atoms with Gasteiger partial charge in [-0.05, 0) is 80.7 Å². The second-order valence-electron chi connectivity index (χ2n) is 10.1. The van der Waals surface area contributed by atoms with E-state index in [2.05, 4.69) is 32.5 Å². The minimum Gasteiger partial charge on any atom is -0.349 e. The van der Waals surface area contributed by atoms with Crippen LogP contribution in [0.5, 0.6) is 0 Å². The number of carbonyl (C=O) groups is 2. The summed E-state index contributed by atoms with van der Waals surface area (Å²) in [5.74, 6) is 1.33. The largest absolute Gasteiger partial charge is 0.349 e. The highest BCUT2D eigenvalue weighted by atomic mass is 16.2. The molecule has 1 N–H and O–H groups in total. The van der Waals surface area contributed by atoms with E-state index in [4.69, 9.17) is 0 Å². The average molecular weight is 485 g/mol. The van der Waals surface area contributed by atoms with Crippen molar-refractivity contribution in [2.24, 2.45) is 5.92 Å². The van der Waals surface area contributed by atoms with Crippen LogP contribution in [0.4, 0.5) is 5.69 Å². The second-order valence-corrected chi connectivity index (χ2v) is 10.1. The Balaban J connectivity index is 1.27. The number of allylic oxidation sites excluding steroid dienone is 2. The van der Waals surface area contributed by atoms with E-state index in [0.29, 0.717) is 23.0 Å². The molecule has 1 fully saturated rings. The number of amides is 2. The Morgan fingerprint density at radius 2 is 1.86 bits per heavy atom. The molecule has 0 bridgehead atoms. The number of pyridine rings is 2. The summed E-state index contributed by atoms with van der Waals surface area (Å²) >= 11 is 0. The Morgan fingerprint density at radius 3 is 2.47 bits per heavy atom. The van der Waals surface area contributed by atoms with Gasteiger partial charge in [-0.3, -0.25) is 14.6 Å². The van der Waals surface area contributed by atoms with Gasteiger partial charge >= 0.3 is 0 Å². The van der Waals surface area contributed by atoms with E-state index in [9.17, 15) is 9.59 Å². The topological polar surface area (TPSA) is 93.0 Å². The van der Waals surface area contributed by atoms with Crippen LogP contribution in [-0.4, -0.2) is 50.6 Å². The monoisotopic (exact) mass is 484 g/mol. The Morgan fingerprint density at radius 1 is 1.06 bits per heavy atom. The summed E-state index contributed by atoms with van der Waals surface area (Å²) in [5.41, 5.74) is 6.20. The molecule has 3 aromatic heterocycles. The fraction of sp³-hybridized carbons (Fsp3) is 0.393. The molecule has 1 unspecified atom stereocenters. The number of aryl methyl sites for hydroxylation is 1. The number of anilines is 1. The molecular weight excluding hydrogens is 452 g/mol. The summed E-state index contributed by atoms with van der Waals surface area (Å²) in [5, 5.41) is 7.36. The van der Waals surface area contributed by atoms with Gasteiger partial charge in [0.25, 0.3) is 5.91 Å². The van der Waals surface area contributed by atoms with Gasteiger partial charge in [-0.15, -0.1) is 0 Å². The van der Waals surface area contributed by atoms with Gasteiger partial charge in [0.1, 0.15) is 0 Å². The van der Waals surface area contributed by atoms with E-state index in [1.165, 1.54) is 18.4 Å². The van der Waals surface area contributed by atoms with Crippen molar-refractivity contribution in [3.8, 4) is 5.82 Å². The lowest BCUT2D eigenvalue weighted by Gasteiger charge is -2.24. The average Bonchev–Trinajstić information content (AvgIpc) is 3.65. The van der Waals surface area contributed by atoms with Gasteiger partial charge in [0.2, 0.25) is 5.91 Å². The highest BCUT2D eigenvalue weighted by molar-refractivity contribution is 6.05. The number of aromatic nitrogens is 4. The summed E-state index contributed by atoms with van der Waals surface area (Å²) in [6, 6.07) is 5.99. The molecule has 3 heterocycles. The molecule has 1 saturated carbocycles. The first-order valence-electron chi connectivity index (χ1n) is 12.5. The number of nitrogens with one attached hydrogen (secondary N) is 1. The third-order valence-corrected chi connectivity index (χ3v) is 7.13. The van der Waals surface area contributed by atoms with Crippen LogP contribution in [0.2, 0.25) is 0 Å². The molecule has 5 rings (SSSR count). The quantitative estimate of drug-likeness (QED) is 0.548. The lowest BCUT2D eigenvalue weighted by Crippen LogP contribution is -2.30. The molecule has 8 heteroatoms. The van der Waals surface area contributed by atoms with Crippen LogP contribution in [0.25, 0.3) is 11.4 Å². The van der Waals surface area contributed by atoms with Crippen LogP contribution in [0, 0.1) is 19.8 Å². The van der Waals surface area contributed by atoms with Gasteiger partial charge in [0, 0.05) is 26.2 Å². The lowest BCUT2D eigenvalue weighted by molar-refractivity contribution is -0.133. The minimum absolute atomic E-state index is 0.0399. The zero-order valence-electron chi connectivity index (χ0n) is 21.3. The van der Waals surface area contributed by atoms with E-state index >= 15 is 0 Å². The number of nitrogens with zero attached hydrogens (tertiary/aromatic N) is 5. The summed E-state index contributed by atoms with van der Waals surface area (Å²) < 4.78 is 1.70. The highest BCUT2D eigenvalue weighted by Crippen LogP contribution is 2.39. The van der Waals surface area contributed by atoms with Crippen molar-refractivity contribution in [3.63, 3.8) is 0 Å². The maximum Gasteiger partial charge on any atom is 0.259 e. The fourth-order valence-corrected chi connectivity index (χ4v) is 4.86. The summed E-state index contributed by atoms with van der Waals surface area (Å²) in [6.07, 6.45) is 12.1. The van der Waals surface area contributed by atoms with E-state index in [-0.39, 0.29) is 17.7 Å². The Bertz CT molecular complexity index is 1330. The molecule has 8 nitrogen and oxygen atoms in total. The molecule has 0 spiro atoms. The molecule has 3 aromatic rings. The molecule has 2 amide bonds. The number of hydrogen-bond acceptors (Lipinski definition) is 5. The van der Waals surface area contributed by atoms with Crippen LogP contribution in [-0.2, 0) is 4.79 Å². The minimum atomic E-state index is -0.232. The lowest BCUT2D eigenvalue weighted by atomic mass is 9.86. The van der Waals surface area contributed by atoms with E-state index in [0.717, 1.165) is 41.8 Å². The van der Waals surface area contributed by atoms with Gasteiger partial charge in [-0.2, -0.15) is 5.10 Å². The van der Waals surface area contributed by atoms with E-state index < -0.39 is 0 Å². The Labute approximate surface area is 211 Å². The predicted octanol–water partition coefficient (Wildman–Crippen LogP) is 4.68. The first-order valence-corrected chi connectivity index (χ1v) is 12.5. The highest BCUT2D eigenvalue weighted by Gasteiger charge is 2.25. The third kappa shape index (κ3) is 4.80. The number of rotatable bonds is 6. The molecule has 2 aliphatic carbocycles.